The van der Waals surface area contributed by atoms with E-state index in [9.17, 15) is 5.11 Å². The van der Waals surface area contributed by atoms with E-state index in [2.05, 4.69) is 91.0 Å². The van der Waals surface area contributed by atoms with Crippen molar-refractivity contribution in [1.82, 2.24) is 0 Å². The summed E-state index contributed by atoms with van der Waals surface area (Å²) in [6, 6.07) is 32.7. The lowest BCUT2D eigenvalue weighted by molar-refractivity contribution is -0.00000583. The van der Waals surface area contributed by atoms with Gasteiger partial charge >= 0.3 is 0 Å². The first-order valence-electron chi connectivity index (χ1n) is 8.54. The third-order valence-corrected chi connectivity index (χ3v) is 9.02. The SMILES string of the molecule is OCCCC[P+](c1ccccc1)(c1ccccc1)c1ccccc1.[Cl-]. The summed E-state index contributed by atoms with van der Waals surface area (Å²) in [7, 11) is -1.69. The second kappa shape index (κ2) is 9.73. The van der Waals surface area contributed by atoms with Crippen molar-refractivity contribution >= 4 is 23.2 Å². The maximum absolute atomic E-state index is 9.29. The average Bonchev–Trinajstić information content (AvgIpc) is 2.68. The molecule has 0 aliphatic carbocycles. The smallest absolute Gasteiger partial charge is 0.112 e. The first kappa shape index (κ1) is 19.7. The van der Waals surface area contributed by atoms with Crippen LogP contribution in [0.3, 0.4) is 0 Å². The third-order valence-electron chi connectivity index (χ3n) is 4.49. The third kappa shape index (κ3) is 4.30. The number of aliphatic hydroxyl groups is 1. The molecular formula is C22H24ClOP. The highest BCUT2D eigenvalue weighted by Crippen LogP contribution is 2.55. The lowest BCUT2D eigenvalue weighted by Crippen LogP contribution is -3.00. The fourth-order valence-corrected chi connectivity index (χ4v) is 7.75. The van der Waals surface area contributed by atoms with Gasteiger partial charge in [0, 0.05) is 6.61 Å². The van der Waals surface area contributed by atoms with E-state index in [0.717, 1.165) is 19.0 Å². The second-order valence-electron chi connectivity index (χ2n) is 5.97. The Labute approximate surface area is 157 Å². The number of rotatable bonds is 7. The summed E-state index contributed by atoms with van der Waals surface area (Å²) in [5.74, 6) is 0. The molecule has 0 saturated heterocycles. The first-order valence-corrected chi connectivity index (χ1v) is 10.5. The highest BCUT2D eigenvalue weighted by molar-refractivity contribution is 7.95. The van der Waals surface area contributed by atoms with Crippen LogP contribution in [0.25, 0.3) is 0 Å². The molecule has 130 valence electrons. The summed E-state index contributed by atoms with van der Waals surface area (Å²) in [4.78, 5) is 0. The van der Waals surface area contributed by atoms with E-state index in [1.807, 2.05) is 0 Å². The number of halogens is 1. The predicted octanol–water partition coefficient (Wildman–Crippen LogP) is 0.757. The molecule has 0 heterocycles. The van der Waals surface area contributed by atoms with Crippen LogP contribution >= 0.6 is 7.26 Å². The van der Waals surface area contributed by atoms with Crippen LogP contribution in [0, 0.1) is 0 Å². The molecule has 0 aliphatic heterocycles. The molecule has 3 rings (SSSR count). The molecule has 3 aromatic carbocycles. The van der Waals surface area contributed by atoms with E-state index in [0.29, 0.717) is 0 Å². The van der Waals surface area contributed by atoms with Crippen molar-refractivity contribution in [3.05, 3.63) is 91.0 Å². The Bertz CT molecular complexity index is 635. The zero-order valence-electron chi connectivity index (χ0n) is 14.3. The standard InChI is InChI=1S/C22H24OP.ClH/c23-18-10-11-19-24(20-12-4-1-5-13-20,21-14-6-2-7-15-21)22-16-8-3-9-17-22;/h1-9,12-17,23H,10-11,18-19H2;1H/q+1;/p-1. The summed E-state index contributed by atoms with van der Waals surface area (Å²) in [6.45, 7) is 0.262. The molecule has 0 atom stereocenters. The van der Waals surface area contributed by atoms with Crippen LogP contribution in [0.15, 0.2) is 91.0 Å². The molecule has 0 amide bonds. The van der Waals surface area contributed by atoms with Crippen molar-refractivity contribution in [2.45, 2.75) is 12.8 Å². The minimum absolute atomic E-state index is 0. The van der Waals surface area contributed by atoms with E-state index in [1.165, 1.54) is 15.9 Å². The monoisotopic (exact) mass is 370 g/mol. The molecule has 0 radical (unpaired) electrons. The van der Waals surface area contributed by atoms with Gasteiger partial charge in [0.2, 0.25) is 0 Å². The van der Waals surface area contributed by atoms with Crippen LogP contribution in [0.1, 0.15) is 12.8 Å². The van der Waals surface area contributed by atoms with E-state index in [4.69, 9.17) is 0 Å². The topological polar surface area (TPSA) is 20.2 Å². The molecule has 0 unspecified atom stereocenters. The van der Waals surface area contributed by atoms with Gasteiger partial charge in [0.15, 0.2) is 0 Å². The van der Waals surface area contributed by atoms with Gasteiger partial charge in [0.25, 0.3) is 0 Å². The summed E-state index contributed by atoms with van der Waals surface area (Å²) in [5.41, 5.74) is 0. The lowest BCUT2D eigenvalue weighted by Gasteiger charge is -2.27. The van der Waals surface area contributed by atoms with Gasteiger partial charge in [-0.15, -0.1) is 0 Å². The van der Waals surface area contributed by atoms with Crippen molar-refractivity contribution in [2.24, 2.45) is 0 Å². The Balaban J connectivity index is 0.00000225. The molecule has 3 aromatic rings. The van der Waals surface area contributed by atoms with Gasteiger partial charge in [0.05, 0.1) is 6.16 Å². The van der Waals surface area contributed by atoms with Crippen molar-refractivity contribution in [3.63, 3.8) is 0 Å². The minimum Gasteiger partial charge on any atom is -1.00 e. The van der Waals surface area contributed by atoms with E-state index >= 15 is 0 Å². The molecule has 0 fully saturated rings. The maximum atomic E-state index is 9.29. The Morgan fingerprint density at radius 1 is 0.560 bits per heavy atom. The molecule has 0 spiro atoms. The highest BCUT2D eigenvalue weighted by Gasteiger charge is 2.44. The fourth-order valence-electron chi connectivity index (χ4n) is 3.34. The molecule has 0 saturated carbocycles. The largest absolute Gasteiger partial charge is 1.00 e. The van der Waals surface area contributed by atoms with Gasteiger partial charge in [0.1, 0.15) is 23.2 Å². The summed E-state index contributed by atoms with van der Waals surface area (Å²) >= 11 is 0. The Kier molecular flexibility index (Phi) is 7.65. The van der Waals surface area contributed by atoms with E-state index < -0.39 is 7.26 Å². The zero-order valence-corrected chi connectivity index (χ0v) is 15.9. The van der Waals surface area contributed by atoms with Crippen molar-refractivity contribution < 1.29 is 17.5 Å². The summed E-state index contributed by atoms with van der Waals surface area (Å²) in [6.07, 6.45) is 2.98. The lowest BCUT2D eigenvalue weighted by atomic mass is 10.3. The van der Waals surface area contributed by atoms with E-state index in [-0.39, 0.29) is 19.0 Å². The number of benzene rings is 3. The van der Waals surface area contributed by atoms with Gasteiger partial charge in [-0.1, -0.05) is 54.6 Å². The van der Waals surface area contributed by atoms with Gasteiger partial charge in [-0.3, -0.25) is 0 Å². The van der Waals surface area contributed by atoms with Gasteiger partial charge in [-0.05, 0) is 49.2 Å². The molecule has 0 bridgehead atoms. The predicted molar refractivity (Wildman–Crippen MR) is 106 cm³/mol. The zero-order chi connectivity index (χ0) is 16.7. The molecular weight excluding hydrogens is 347 g/mol. The second-order valence-corrected chi connectivity index (χ2v) is 9.59. The molecule has 3 heteroatoms. The van der Waals surface area contributed by atoms with Crippen molar-refractivity contribution in [1.29, 1.82) is 0 Å². The van der Waals surface area contributed by atoms with Crippen LogP contribution in [-0.2, 0) is 0 Å². The summed E-state index contributed by atoms with van der Waals surface area (Å²) < 4.78 is 0. The van der Waals surface area contributed by atoms with Gasteiger partial charge in [-0.2, -0.15) is 0 Å². The van der Waals surface area contributed by atoms with Crippen molar-refractivity contribution in [3.8, 4) is 0 Å². The van der Waals surface area contributed by atoms with Crippen LogP contribution in [0.5, 0.6) is 0 Å². The molecule has 25 heavy (non-hydrogen) atoms. The van der Waals surface area contributed by atoms with Crippen LogP contribution in [-0.4, -0.2) is 17.9 Å². The fraction of sp³-hybridized carbons (Fsp3) is 0.182. The molecule has 0 aliphatic rings. The molecule has 0 aromatic heterocycles. The number of aliphatic hydroxyl groups excluding tert-OH is 1. The number of unbranched alkanes of at least 4 members (excludes halogenated alkanes) is 1. The average molecular weight is 371 g/mol. The first-order chi connectivity index (χ1) is 11.9. The number of hydrogen-bond donors (Lipinski definition) is 1. The summed E-state index contributed by atoms with van der Waals surface area (Å²) in [5, 5.41) is 13.5. The van der Waals surface area contributed by atoms with Gasteiger partial charge < -0.3 is 17.5 Å². The Morgan fingerprint density at radius 3 is 1.24 bits per heavy atom. The minimum atomic E-state index is -1.69. The Morgan fingerprint density at radius 2 is 0.920 bits per heavy atom. The number of hydrogen-bond acceptors (Lipinski definition) is 1. The van der Waals surface area contributed by atoms with Gasteiger partial charge in [-0.25, -0.2) is 0 Å². The quantitative estimate of drug-likeness (QED) is 0.481. The van der Waals surface area contributed by atoms with Crippen LogP contribution < -0.4 is 28.3 Å². The molecule has 1 nitrogen and oxygen atoms in total. The van der Waals surface area contributed by atoms with Crippen LogP contribution in [0.2, 0.25) is 0 Å². The maximum Gasteiger partial charge on any atom is 0.112 e. The molecule has 1 N–H and O–H groups in total. The highest BCUT2D eigenvalue weighted by atomic mass is 35.5. The van der Waals surface area contributed by atoms with Crippen molar-refractivity contribution in [2.75, 3.05) is 12.8 Å². The van der Waals surface area contributed by atoms with E-state index in [1.54, 1.807) is 0 Å². The van der Waals surface area contributed by atoms with Crippen LogP contribution in [0.4, 0.5) is 0 Å². The Hall–Kier alpha value is -1.66. The normalized spacial score (nSPS) is 10.9.